The number of hydrogen-bond acceptors (Lipinski definition) is 4. The molecule has 4 rings (SSSR count). The third-order valence-corrected chi connectivity index (χ3v) is 4.48. The number of ether oxygens (including phenoxy) is 2. The molecule has 0 bridgehead atoms. The van der Waals surface area contributed by atoms with E-state index < -0.39 is 0 Å². The van der Waals surface area contributed by atoms with Gasteiger partial charge in [-0.3, -0.25) is 4.79 Å². The number of para-hydroxylation sites is 2. The predicted molar refractivity (Wildman–Crippen MR) is 102 cm³/mol. The maximum absolute atomic E-state index is 12.5. The van der Waals surface area contributed by atoms with Gasteiger partial charge in [0.1, 0.15) is 18.1 Å². The molecule has 3 aromatic rings. The molecule has 1 N–H and O–H groups in total. The second kappa shape index (κ2) is 7.91. The van der Waals surface area contributed by atoms with Gasteiger partial charge in [-0.05, 0) is 41.8 Å². The molecule has 1 aliphatic heterocycles. The quantitative estimate of drug-likeness (QED) is 0.753. The molecule has 1 unspecified atom stereocenters. The van der Waals surface area contributed by atoms with Crippen LogP contribution in [0, 0.1) is 5.92 Å². The first-order valence-corrected chi connectivity index (χ1v) is 8.94. The van der Waals surface area contributed by atoms with Gasteiger partial charge in [0.05, 0.1) is 5.92 Å². The summed E-state index contributed by atoms with van der Waals surface area (Å²) in [4.78, 5) is 16.7. The molecule has 2 heterocycles. The number of nitrogens with one attached hydrogen (secondary N) is 1. The minimum atomic E-state index is -0.179. The van der Waals surface area contributed by atoms with Crippen LogP contribution >= 0.6 is 0 Å². The molecule has 1 aromatic heterocycles. The Balaban J connectivity index is 1.35. The molecule has 2 aromatic carbocycles. The van der Waals surface area contributed by atoms with E-state index in [4.69, 9.17) is 9.47 Å². The van der Waals surface area contributed by atoms with Crippen LogP contribution in [0.3, 0.4) is 0 Å². The smallest absolute Gasteiger partial charge is 0.227 e. The summed E-state index contributed by atoms with van der Waals surface area (Å²) in [6.07, 6.45) is 2.38. The first-order valence-electron chi connectivity index (χ1n) is 8.94. The lowest BCUT2D eigenvalue weighted by Gasteiger charge is -2.24. The van der Waals surface area contributed by atoms with Crippen molar-refractivity contribution in [2.24, 2.45) is 5.92 Å². The minimum absolute atomic E-state index is 0.00755. The second-order valence-corrected chi connectivity index (χ2v) is 6.46. The Labute approximate surface area is 158 Å². The van der Waals surface area contributed by atoms with E-state index in [1.807, 2.05) is 66.7 Å². The Kier molecular flexibility index (Phi) is 5.01. The van der Waals surface area contributed by atoms with Crippen LogP contribution < -0.4 is 14.8 Å². The zero-order valence-electron chi connectivity index (χ0n) is 14.8. The van der Waals surface area contributed by atoms with E-state index in [0.29, 0.717) is 25.5 Å². The van der Waals surface area contributed by atoms with Crippen LogP contribution in [0.4, 0.5) is 0 Å². The van der Waals surface area contributed by atoms with Crippen LogP contribution in [0.15, 0.2) is 72.9 Å². The van der Waals surface area contributed by atoms with Crippen molar-refractivity contribution in [3.63, 3.8) is 0 Å². The van der Waals surface area contributed by atoms with Crippen LogP contribution in [0.2, 0.25) is 0 Å². The second-order valence-electron chi connectivity index (χ2n) is 6.46. The molecule has 5 heteroatoms. The molecule has 1 atom stereocenters. The summed E-state index contributed by atoms with van der Waals surface area (Å²) >= 11 is 0. The van der Waals surface area contributed by atoms with Gasteiger partial charge in [-0.2, -0.15) is 0 Å². The number of fused-ring (bicyclic) bond motifs is 1. The molecule has 1 aliphatic rings. The van der Waals surface area contributed by atoms with Gasteiger partial charge in [-0.15, -0.1) is 0 Å². The summed E-state index contributed by atoms with van der Waals surface area (Å²) in [5.74, 6) is 1.92. The first kappa shape index (κ1) is 17.1. The monoisotopic (exact) mass is 360 g/mol. The molecule has 0 saturated carbocycles. The molecular formula is C22H20N2O3. The first-order chi connectivity index (χ1) is 13.3. The maximum atomic E-state index is 12.5. The van der Waals surface area contributed by atoms with Gasteiger partial charge in [0.25, 0.3) is 0 Å². The van der Waals surface area contributed by atoms with E-state index in [9.17, 15) is 4.79 Å². The highest BCUT2D eigenvalue weighted by Gasteiger charge is 2.25. The Morgan fingerprint density at radius 3 is 2.81 bits per heavy atom. The van der Waals surface area contributed by atoms with Crippen LogP contribution in [-0.2, 0) is 17.8 Å². The fraction of sp³-hybridized carbons (Fsp3) is 0.182. The molecule has 0 radical (unpaired) electrons. The van der Waals surface area contributed by atoms with Gasteiger partial charge < -0.3 is 14.8 Å². The molecule has 0 aliphatic carbocycles. The highest BCUT2D eigenvalue weighted by atomic mass is 16.5. The van der Waals surface area contributed by atoms with Crippen molar-refractivity contribution in [2.45, 2.75) is 13.0 Å². The molecule has 5 nitrogen and oxygen atoms in total. The fourth-order valence-corrected chi connectivity index (χ4v) is 3.06. The van der Waals surface area contributed by atoms with Crippen molar-refractivity contribution in [1.82, 2.24) is 10.3 Å². The summed E-state index contributed by atoms with van der Waals surface area (Å²) in [5, 5.41) is 2.99. The number of nitrogens with zero attached hydrogens (tertiary/aromatic N) is 1. The number of amides is 1. The summed E-state index contributed by atoms with van der Waals surface area (Å²) in [5.41, 5.74) is 2.01. The number of rotatable bonds is 5. The van der Waals surface area contributed by atoms with Gasteiger partial charge in [0.15, 0.2) is 0 Å². The van der Waals surface area contributed by atoms with Crippen LogP contribution in [0.1, 0.15) is 11.1 Å². The topological polar surface area (TPSA) is 60.5 Å². The highest BCUT2D eigenvalue weighted by molar-refractivity contribution is 5.79. The summed E-state index contributed by atoms with van der Waals surface area (Å²) < 4.78 is 11.4. The lowest BCUT2D eigenvalue weighted by molar-refractivity contribution is -0.126. The molecule has 0 spiro atoms. The van der Waals surface area contributed by atoms with Crippen LogP contribution in [-0.4, -0.2) is 17.5 Å². The number of hydrogen-bond donors (Lipinski definition) is 1. The summed E-state index contributed by atoms with van der Waals surface area (Å²) in [6, 6.07) is 21.0. The lowest BCUT2D eigenvalue weighted by Crippen LogP contribution is -2.37. The predicted octanol–water partition coefficient (Wildman–Crippen LogP) is 3.74. The van der Waals surface area contributed by atoms with Gasteiger partial charge >= 0.3 is 0 Å². The lowest BCUT2D eigenvalue weighted by atomic mass is 9.96. The molecule has 0 fully saturated rings. The van der Waals surface area contributed by atoms with Crippen molar-refractivity contribution in [3.8, 4) is 17.4 Å². The number of carbonyl (C=O) groups excluding carboxylic acids is 1. The van der Waals surface area contributed by atoms with E-state index in [1.165, 1.54) is 0 Å². The number of pyridine rings is 1. The van der Waals surface area contributed by atoms with Crippen molar-refractivity contribution < 1.29 is 14.3 Å². The minimum Gasteiger partial charge on any atom is -0.492 e. The highest BCUT2D eigenvalue weighted by Crippen LogP contribution is 2.27. The average molecular weight is 360 g/mol. The van der Waals surface area contributed by atoms with Crippen molar-refractivity contribution >= 4 is 5.91 Å². The van der Waals surface area contributed by atoms with Gasteiger partial charge in [0.2, 0.25) is 11.8 Å². The third kappa shape index (κ3) is 4.26. The van der Waals surface area contributed by atoms with E-state index >= 15 is 0 Å². The van der Waals surface area contributed by atoms with Crippen molar-refractivity contribution in [2.75, 3.05) is 6.61 Å². The van der Waals surface area contributed by atoms with Gasteiger partial charge in [0, 0.05) is 18.8 Å². The van der Waals surface area contributed by atoms with Crippen molar-refractivity contribution in [3.05, 3.63) is 84.1 Å². The van der Waals surface area contributed by atoms with Gasteiger partial charge in [-0.1, -0.05) is 36.4 Å². The zero-order valence-corrected chi connectivity index (χ0v) is 14.8. The fourth-order valence-electron chi connectivity index (χ4n) is 3.06. The van der Waals surface area contributed by atoms with E-state index in [1.54, 1.807) is 6.20 Å². The Morgan fingerprint density at radius 2 is 1.93 bits per heavy atom. The largest absolute Gasteiger partial charge is 0.492 e. The van der Waals surface area contributed by atoms with Crippen LogP contribution in [0.25, 0.3) is 0 Å². The number of carbonyl (C=O) groups is 1. The third-order valence-electron chi connectivity index (χ3n) is 4.48. The molecule has 0 saturated heterocycles. The Bertz CT molecular complexity index is 928. The molecular weight excluding hydrogens is 340 g/mol. The number of benzene rings is 2. The molecule has 27 heavy (non-hydrogen) atoms. The summed E-state index contributed by atoms with van der Waals surface area (Å²) in [6.45, 7) is 0.826. The maximum Gasteiger partial charge on any atom is 0.227 e. The zero-order chi connectivity index (χ0) is 18.5. The Morgan fingerprint density at radius 1 is 1.11 bits per heavy atom. The normalized spacial score (nSPS) is 15.3. The standard InChI is InChI=1S/C22H20N2O3/c25-22(18-13-17-6-4-5-9-20(17)26-15-18)24-14-16-10-11-23-21(12-16)27-19-7-2-1-3-8-19/h1-12,18H,13-15H2,(H,24,25). The Hall–Kier alpha value is -3.34. The number of aromatic nitrogens is 1. The SMILES string of the molecule is O=C(NCc1ccnc(Oc2ccccc2)c1)C1COc2ccccc2C1. The van der Waals surface area contributed by atoms with Crippen molar-refractivity contribution in [1.29, 1.82) is 0 Å². The van der Waals surface area contributed by atoms with Crippen LogP contribution in [0.5, 0.6) is 17.4 Å². The van der Waals surface area contributed by atoms with E-state index in [0.717, 1.165) is 22.6 Å². The molecule has 136 valence electrons. The van der Waals surface area contributed by atoms with Gasteiger partial charge in [-0.25, -0.2) is 4.98 Å². The average Bonchev–Trinajstić information content (AvgIpc) is 2.73. The van der Waals surface area contributed by atoms with E-state index in [2.05, 4.69) is 10.3 Å². The summed E-state index contributed by atoms with van der Waals surface area (Å²) in [7, 11) is 0. The van der Waals surface area contributed by atoms with E-state index in [-0.39, 0.29) is 11.8 Å². The molecule has 1 amide bonds.